The molecule has 116 valence electrons. The molecule has 0 radical (unpaired) electrons. The van der Waals surface area contributed by atoms with E-state index in [9.17, 15) is 0 Å². The van der Waals surface area contributed by atoms with Gasteiger partial charge in [-0.15, -0.1) is 10.2 Å². The van der Waals surface area contributed by atoms with Crippen LogP contribution >= 0.6 is 0 Å². The molecule has 0 aliphatic heterocycles. The van der Waals surface area contributed by atoms with Crippen LogP contribution in [0.25, 0.3) is 33.3 Å². The van der Waals surface area contributed by atoms with E-state index in [1.54, 1.807) is 0 Å². The zero-order valence-corrected chi connectivity index (χ0v) is 13.8. The summed E-state index contributed by atoms with van der Waals surface area (Å²) in [4.78, 5) is 0. The first-order valence-electron chi connectivity index (χ1n) is 8.12. The Labute approximate surface area is 141 Å². The minimum atomic E-state index is 0.921. The van der Waals surface area contributed by atoms with Crippen LogP contribution in [0, 0.1) is 13.8 Å². The van der Waals surface area contributed by atoms with Crippen LogP contribution in [-0.4, -0.2) is 10.2 Å². The van der Waals surface area contributed by atoms with Gasteiger partial charge in [-0.3, -0.25) is 0 Å². The highest BCUT2D eigenvalue weighted by Crippen LogP contribution is 2.35. The third kappa shape index (κ3) is 2.56. The molecule has 0 amide bonds. The van der Waals surface area contributed by atoms with Crippen molar-refractivity contribution in [2.75, 3.05) is 0 Å². The molecule has 0 aliphatic carbocycles. The minimum absolute atomic E-state index is 0.921. The number of benzene rings is 3. The van der Waals surface area contributed by atoms with Crippen molar-refractivity contribution in [3.05, 3.63) is 83.9 Å². The molecule has 2 heteroatoms. The van der Waals surface area contributed by atoms with Crippen LogP contribution in [0.2, 0.25) is 0 Å². The van der Waals surface area contributed by atoms with Crippen LogP contribution in [-0.2, 0) is 0 Å². The fourth-order valence-electron chi connectivity index (χ4n) is 3.26. The van der Waals surface area contributed by atoms with Crippen molar-refractivity contribution in [1.82, 2.24) is 10.2 Å². The SMILES string of the molecule is Cc1cc(C)cc(-c2nnc3ccccc3c2-c2ccccc2)c1. The maximum atomic E-state index is 4.59. The van der Waals surface area contributed by atoms with Crippen molar-refractivity contribution in [3.63, 3.8) is 0 Å². The highest BCUT2D eigenvalue weighted by molar-refractivity contribution is 6.00. The van der Waals surface area contributed by atoms with Gasteiger partial charge in [0.25, 0.3) is 0 Å². The summed E-state index contributed by atoms with van der Waals surface area (Å²) in [5.74, 6) is 0. The monoisotopic (exact) mass is 310 g/mol. The van der Waals surface area contributed by atoms with E-state index in [0.29, 0.717) is 0 Å². The number of fused-ring (bicyclic) bond motifs is 1. The van der Waals surface area contributed by atoms with Gasteiger partial charge in [-0.2, -0.15) is 0 Å². The average molecular weight is 310 g/mol. The van der Waals surface area contributed by atoms with Crippen molar-refractivity contribution < 1.29 is 0 Å². The average Bonchev–Trinajstić information content (AvgIpc) is 2.60. The molecule has 24 heavy (non-hydrogen) atoms. The summed E-state index contributed by atoms with van der Waals surface area (Å²) in [6, 6.07) is 25.2. The first-order valence-corrected chi connectivity index (χ1v) is 8.12. The summed E-state index contributed by atoms with van der Waals surface area (Å²) in [7, 11) is 0. The topological polar surface area (TPSA) is 25.8 Å². The minimum Gasteiger partial charge on any atom is -0.150 e. The molecular weight excluding hydrogens is 292 g/mol. The lowest BCUT2D eigenvalue weighted by molar-refractivity contribution is 1.08. The molecule has 0 saturated carbocycles. The quantitative estimate of drug-likeness (QED) is 0.483. The normalized spacial score (nSPS) is 10.9. The fourth-order valence-corrected chi connectivity index (χ4v) is 3.26. The number of nitrogens with zero attached hydrogens (tertiary/aromatic N) is 2. The Morgan fingerprint density at radius 3 is 2.04 bits per heavy atom. The van der Waals surface area contributed by atoms with Gasteiger partial charge >= 0.3 is 0 Å². The molecule has 1 aromatic heterocycles. The standard InChI is InChI=1S/C22H18N2/c1-15-12-16(2)14-18(13-15)22-21(17-8-4-3-5-9-17)19-10-6-7-11-20(19)23-24-22/h3-14H,1-2H3. The second-order valence-electron chi connectivity index (χ2n) is 6.18. The number of aryl methyl sites for hydroxylation is 2. The Morgan fingerprint density at radius 2 is 1.29 bits per heavy atom. The number of rotatable bonds is 2. The van der Waals surface area contributed by atoms with E-state index < -0.39 is 0 Å². The van der Waals surface area contributed by atoms with Gasteiger partial charge in [0.05, 0.1) is 5.52 Å². The molecule has 0 bridgehead atoms. The van der Waals surface area contributed by atoms with Crippen LogP contribution in [0.4, 0.5) is 0 Å². The second-order valence-corrected chi connectivity index (χ2v) is 6.18. The molecule has 3 aromatic carbocycles. The van der Waals surface area contributed by atoms with Crippen LogP contribution in [0.1, 0.15) is 11.1 Å². The number of aromatic nitrogens is 2. The van der Waals surface area contributed by atoms with E-state index in [-0.39, 0.29) is 0 Å². The first-order chi connectivity index (χ1) is 11.7. The van der Waals surface area contributed by atoms with Crippen molar-refractivity contribution in [1.29, 1.82) is 0 Å². The van der Waals surface area contributed by atoms with Crippen molar-refractivity contribution in [2.24, 2.45) is 0 Å². The Kier molecular flexibility index (Phi) is 3.58. The van der Waals surface area contributed by atoms with Gasteiger partial charge in [-0.25, -0.2) is 0 Å². The third-order valence-corrected chi connectivity index (χ3v) is 4.23. The molecule has 0 spiro atoms. The van der Waals surface area contributed by atoms with E-state index in [1.165, 1.54) is 11.1 Å². The third-order valence-electron chi connectivity index (χ3n) is 4.23. The van der Waals surface area contributed by atoms with E-state index in [0.717, 1.165) is 33.3 Å². The van der Waals surface area contributed by atoms with Gasteiger partial charge in [0.2, 0.25) is 0 Å². The molecule has 0 atom stereocenters. The lowest BCUT2D eigenvalue weighted by Crippen LogP contribution is -1.96. The van der Waals surface area contributed by atoms with Crippen molar-refractivity contribution in [3.8, 4) is 22.4 Å². The molecule has 0 fully saturated rings. The highest BCUT2D eigenvalue weighted by atomic mass is 15.1. The Bertz CT molecular complexity index is 1000. The molecule has 0 unspecified atom stereocenters. The van der Waals surface area contributed by atoms with Gasteiger partial charge < -0.3 is 0 Å². The van der Waals surface area contributed by atoms with Gasteiger partial charge in [0.15, 0.2) is 0 Å². The predicted octanol–water partition coefficient (Wildman–Crippen LogP) is 5.58. The molecule has 4 rings (SSSR count). The van der Waals surface area contributed by atoms with Gasteiger partial charge in [0, 0.05) is 16.5 Å². The molecule has 4 aromatic rings. The van der Waals surface area contributed by atoms with Crippen molar-refractivity contribution >= 4 is 10.9 Å². The summed E-state index contributed by atoms with van der Waals surface area (Å²) in [6.07, 6.45) is 0. The van der Waals surface area contributed by atoms with Crippen LogP contribution < -0.4 is 0 Å². The summed E-state index contributed by atoms with van der Waals surface area (Å²) >= 11 is 0. The van der Waals surface area contributed by atoms with E-state index in [1.807, 2.05) is 18.2 Å². The maximum absolute atomic E-state index is 4.59. The highest BCUT2D eigenvalue weighted by Gasteiger charge is 2.14. The van der Waals surface area contributed by atoms with Crippen LogP contribution in [0.15, 0.2) is 72.8 Å². The second kappa shape index (κ2) is 5.89. The van der Waals surface area contributed by atoms with Gasteiger partial charge in [-0.1, -0.05) is 65.7 Å². The van der Waals surface area contributed by atoms with E-state index in [4.69, 9.17) is 0 Å². The summed E-state index contributed by atoms with van der Waals surface area (Å²) in [5, 5.41) is 10.2. The predicted molar refractivity (Wildman–Crippen MR) is 99.9 cm³/mol. The molecule has 0 aliphatic rings. The Balaban J connectivity index is 2.09. The summed E-state index contributed by atoms with van der Waals surface area (Å²) in [5.41, 5.74) is 7.75. The lowest BCUT2D eigenvalue weighted by Gasteiger charge is -2.13. The van der Waals surface area contributed by atoms with E-state index >= 15 is 0 Å². The number of hydrogen-bond donors (Lipinski definition) is 0. The Hall–Kier alpha value is -3.00. The first kappa shape index (κ1) is 14.6. The smallest absolute Gasteiger partial charge is 0.101 e. The zero-order valence-electron chi connectivity index (χ0n) is 13.8. The zero-order chi connectivity index (χ0) is 16.5. The number of hydrogen-bond acceptors (Lipinski definition) is 2. The van der Waals surface area contributed by atoms with Crippen molar-refractivity contribution in [2.45, 2.75) is 13.8 Å². The van der Waals surface area contributed by atoms with Gasteiger partial charge in [-0.05, 0) is 37.6 Å². The van der Waals surface area contributed by atoms with E-state index in [2.05, 4.69) is 78.6 Å². The molecule has 0 N–H and O–H groups in total. The molecule has 0 saturated heterocycles. The molecule has 2 nitrogen and oxygen atoms in total. The largest absolute Gasteiger partial charge is 0.150 e. The summed E-state index contributed by atoms with van der Waals surface area (Å²) in [6.45, 7) is 4.24. The molecule has 1 heterocycles. The lowest BCUT2D eigenvalue weighted by atomic mass is 9.94. The fraction of sp³-hybridized carbons (Fsp3) is 0.0909. The summed E-state index contributed by atoms with van der Waals surface area (Å²) < 4.78 is 0. The maximum Gasteiger partial charge on any atom is 0.101 e. The Morgan fingerprint density at radius 1 is 0.625 bits per heavy atom. The van der Waals surface area contributed by atoms with Gasteiger partial charge in [0.1, 0.15) is 5.69 Å². The molecular formula is C22H18N2. The van der Waals surface area contributed by atoms with Crippen LogP contribution in [0.5, 0.6) is 0 Å². The van der Waals surface area contributed by atoms with Crippen LogP contribution in [0.3, 0.4) is 0 Å².